The SMILES string of the molecule is COc1ccccc1N1[C@H]2CCCN(C(=O)c3ccc(C(=O)O)cc3)[C@H]2CC1(C)C. The molecule has 4 rings (SSSR count). The highest BCUT2D eigenvalue weighted by atomic mass is 16.5. The van der Waals surface area contributed by atoms with Gasteiger partial charge in [0.25, 0.3) is 5.91 Å². The van der Waals surface area contributed by atoms with Gasteiger partial charge in [-0.25, -0.2) is 4.79 Å². The van der Waals surface area contributed by atoms with Crippen LogP contribution in [0.15, 0.2) is 48.5 Å². The number of fused-ring (bicyclic) bond motifs is 1. The number of benzene rings is 2. The molecule has 2 aliphatic heterocycles. The third-order valence-corrected chi connectivity index (χ3v) is 6.42. The Bertz CT molecular complexity index is 954. The molecule has 0 radical (unpaired) electrons. The normalized spacial score (nSPS) is 22.5. The lowest BCUT2D eigenvalue weighted by molar-refractivity contribution is 0.0603. The molecule has 0 aliphatic carbocycles. The van der Waals surface area contributed by atoms with E-state index in [-0.39, 0.29) is 29.1 Å². The number of hydrogen-bond acceptors (Lipinski definition) is 4. The molecule has 30 heavy (non-hydrogen) atoms. The fraction of sp³-hybridized carbons (Fsp3) is 0.417. The molecular weight excluding hydrogens is 380 g/mol. The number of nitrogens with zero attached hydrogens (tertiary/aromatic N) is 2. The lowest BCUT2D eigenvalue weighted by Crippen LogP contribution is -2.53. The molecule has 0 bridgehead atoms. The minimum Gasteiger partial charge on any atom is -0.495 e. The molecule has 2 aliphatic rings. The van der Waals surface area contributed by atoms with E-state index in [9.17, 15) is 9.59 Å². The molecule has 2 saturated heterocycles. The van der Waals surface area contributed by atoms with Crippen molar-refractivity contribution >= 4 is 17.6 Å². The van der Waals surface area contributed by atoms with Crippen molar-refractivity contribution in [1.29, 1.82) is 0 Å². The van der Waals surface area contributed by atoms with E-state index in [2.05, 4.69) is 24.8 Å². The van der Waals surface area contributed by atoms with Gasteiger partial charge in [-0.2, -0.15) is 0 Å². The second-order valence-corrected chi connectivity index (χ2v) is 8.72. The van der Waals surface area contributed by atoms with Crippen LogP contribution in [-0.2, 0) is 0 Å². The molecule has 158 valence electrons. The average molecular weight is 408 g/mol. The molecule has 2 heterocycles. The van der Waals surface area contributed by atoms with Crippen LogP contribution in [0.5, 0.6) is 5.75 Å². The Morgan fingerprint density at radius 1 is 1.03 bits per heavy atom. The van der Waals surface area contributed by atoms with Gasteiger partial charge in [0, 0.05) is 17.6 Å². The van der Waals surface area contributed by atoms with Crippen molar-refractivity contribution in [2.45, 2.75) is 50.7 Å². The number of amides is 1. The van der Waals surface area contributed by atoms with Gasteiger partial charge in [0.2, 0.25) is 0 Å². The lowest BCUT2D eigenvalue weighted by atomic mass is 9.93. The Hall–Kier alpha value is -3.02. The first-order valence-corrected chi connectivity index (χ1v) is 10.4. The summed E-state index contributed by atoms with van der Waals surface area (Å²) in [5, 5.41) is 9.11. The van der Waals surface area contributed by atoms with Gasteiger partial charge in [0.05, 0.1) is 30.4 Å². The molecule has 2 aromatic carbocycles. The zero-order chi connectivity index (χ0) is 21.5. The molecule has 0 aromatic heterocycles. The van der Waals surface area contributed by atoms with E-state index < -0.39 is 5.97 Å². The van der Waals surface area contributed by atoms with Crippen molar-refractivity contribution in [2.24, 2.45) is 0 Å². The maximum atomic E-state index is 13.3. The Morgan fingerprint density at radius 3 is 2.37 bits per heavy atom. The van der Waals surface area contributed by atoms with E-state index in [4.69, 9.17) is 9.84 Å². The number of ether oxygens (including phenoxy) is 1. The first-order valence-electron chi connectivity index (χ1n) is 10.4. The zero-order valence-electron chi connectivity index (χ0n) is 17.7. The third-order valence-electron chi connectivity index (χ3n) is 6.42. The highest BCUT2D eigenvalue weighted by Crippen LogP contribution is 2.46. The molecule has 6 nitrogen and oxygen atoms in total. The smallest absolute Gasteiger partial charge is 0.335 e. The van der Waals surface area contributed by atoms with E-state index >= 15 is 0 Å². The summed E-state index contributed by atoms with van der Waals surface area (Å²) in [5.74, 6) is -0.171. The number of para-hydroxylation sites is 2. The fourth-order valence-electron chi connectivity index (χ4n) is 5.15. The predicted molar refractivity (Wildman–Crippen MR) is 115 cm³/mol. The van der Waals surface area contributed by atoms with Crippen molar-refractivity contribution in [2.75, 3.05) is 18.6 Å². The number of rotatable bonds is 4. The van der Waals surface area contributed by atoms with Crippen LogP contribution < -0.4 is 9.64 Å². The van der Waals surface area contributed by atoms with Gasteiger partial charge in [0.1, 0.15) is 5.75 Å². The quantitative estimate of drug-likeness (QED) is 0.826. The number of carboxylic acid groups (broad SMARTS) is 1. The number of carbonyl (C=O) groups is 2. The van der Waals surface area contributed by atoms with Crippen LogP contribution in [0.2, 0.25) is 0 Å². The van der Waals surface area contributed by atoms with Gasteiger partial charge in [-0.15, -0.1) is 0 Å². The van der Waals surface area contributed by atoms with Crippen molar-refractivity contribution in [3.63, 3.8) is 0 Å². The first-order chi connectivity index (χ1) is 14.3. The number of likely N-dealkylation sites (tertiary alicyclic amines) is 1. The molecule has 1 amide bonds. The molecule has 2 fully saturated rings. The minimum atomic E-state index is -0.989. The predicted octanol–water partition coefficient (Wildman–Crippen LogP) is 4.06. The van der Waals surface area contributed by atoms with E-state index in [1.165, 1.54) is 12.1 Å². The van der Waals surface area contributed by atoms with Gasteiger partial charge in [0.15, 0.2) is 0 Å². The van der Waals surface area contributed by atoms with Crippen LogP contribution in [-0.4, -0.2) is 53.2 Å². The second kappa shape index (κ2) is 7.67. The summed E-state index contributed by atoms with van der Waals surface area (Å²) >= 11 is 0. The Balaban J connectivity index is 1.65. The van der Waals surface area contributed by atoms with E-state index in [1.54, 1.807) is 19.2 Å². The molecule has 2 aromatic rings. The van der Waals surface area contributed by atoms with Gasteiger partial charge < -0.3 is 19.6 Å². The summed E-state index contributed by atoms with van der Waals surface area (Å²) in [6, 6.07) is 14.6. The van der Waals surface area contributed by atoms with Crippen LogP contribution in [0.25, 0.3) is 0 Å². The van der Waals surface area contributed by atoms with Gasteiger partial charge in [-0.3, -0.25) is 4.79 Å². The number of carboxylic acids is 1. The number of anilines is 1. The average Bonchev–Trinajstić information content (AvgIpc) is 3.02. The van der Waals surface area contributed by atoms with E-state index in [0.29, 0.717) is 5.56 Å². The monoisotopic (exact) mass is 408 g/mol. The molecule has 0 unspecified atom stereocenters. The van der Waals surface area contributed by atoms with Crippen molar-refractivity contribution in [1.82, 2.24) is 4.90 Å². The largest absolute Gasteiger partial charge is 0.495 e. The van der Waals surface area contributed by atoms with Crippen LogP contribution in [0.4, 0.5) is 5.69 Å². The molecule has 6 heteroatoms. The van der Waals surface area contributed by atoms with Gasteiger partial charge >= 0.3 is 5.97 Å². The summed E-state index contributed by atoms with van der Waals surface area (Å²) in [5.41, 5.74) is 1.67. The first kappa shape index (κ1) is 20.3. The third kappa shape index (κ3) is 3.40. The van der Waals surface area contributed by atoms with Crippen LogP contribution >= 0.6 is 0 Å². The second-order valence-electron chi connectivity index (χ2n) is 8.72. The van der Waals surface area contributed by atoms with E-state index in [0.717, 1.165) is 37.2 Å². The van der Waals surface area contributed by atoms with Crippen molar-refractivity contribution in [3.8, 4) is 5.75 Å². The fourth-order valence-corrected chi connectivity index (χ4v) is 5.15. The summed E-state index contributed by atoms with van der Waals surface area (Å²) < 4.78 is 5.63. The minimum absolute atomic E-state index is 0.0284. The van der Waals surface area contributed by atoms with E-state index in [1.807, 2.05) is 23.1 Å². The van der Waals surface area contributed by atoms with Crippen LogP contribution in [0, 0.1) is 0 Å². The molecule has 2 atom stereocenters. The molecule has 0 spiro atoms. The standard InChI is InChI=1S/C24H28N2O4/c1-24(2)15-20-18(26(24)19-7-4-5-9-21(19)30-3)8-6-14-25(20)22(27)16-10-12-17(13-11-16)23(28)29/h4-5,7,9-13,18,20H,6,8,14-15H2,1-3H3,(H,28,29)/t18-,20-/m0/s1. The molecule has 0 saturated carbocycles. The zero-order valence-corrected chi connectivity index (χ0v) is 17.7. The lowest BCUT2D eigenvalue weighted by Gasteiger charge is -2.42. The summed E-state index contributed by atoms with van der Waals surface area (Å²) in [4.78, 5) is 28.9. The Morgan fingerprint density at radius 2 is 1.70 bits per heavy atom. The van der Waals surface area contributed by atoms with Crippen LogP contribution in [0.3, 0.4) is 0 Å². The number of piperidine rings is 1. The summed E-state index contributed by atoms with van der Waals surface area (Å²) in [6.45, 7) is 5.17. The number of aromatic carboxylic acids is 1. The highest BCUT2D eigenvalue weighted by molar-refractivity contribution is 5.96. The molecular formula is C24H28N2O4. The maximum Gasteiger partial charge on any atom is 0.335 e. The highest BCUT2D eigenvalue weighted by Gasteiger charge is 2.51. The van der Waals surface area contributed by atoms with Crippen molar-refractivity contribution in [3.05, 3.63) is 59.7 Å². The molecule has 1 N–H and O–H groups in total. The van der Waals surface area contributed by atoms with Crippen molar-refractivity contribution < 1.29 is 19.4 Å². The summed E-state index contributed by atoms with van der Waals surface area (Å²) in [7, 11) is 1.69. The summed E-state index contributed by atoms with van der Waals surface area (Å²) in [6.07, 6.45) is 2.82. The maximum absolute atomic E-state index is 13.3. The van der Waals surface area contributed by atoms with Gasteiger partial charge in [-0.05, 0) is 69.5 Å². The number of hydrogen-bond donors (Lipinski definition) is 1. The van der Waals surface area contributed by atoms with Gasteiger partial charge in [-0.1, -0.05) is 12.1 Å². The number of methoxy groups -OCH3 is 1. The topological polar surface area (TPSA) is 70.1 Å². The number of carbonyl (C=O) groups excluding carboxylic acids is 1. The van der Waals surface area contributed by atoms with Crippen LogP contribution in [0.1, 0.15) is 53.8 Å². The Labute approximate surface area is 177 Å². The Kier molecular flexibility index (Phi) is 5.18.